The minimum atomic E-state index is -1.48. The Labute approximate surface area is 285 Å². The molecule has 4 aliphatic rings. The maximum absolute atomic E-state index is 15.1. The van der Waals surface area contributed by atoms with E-state index in [0.717, 1.165) is 5.56 Å². The third kappa shape index (κ3) is 6.06. The van der Waals surface area contributed by atoms with Crippen LogP contribution in [0, 0.1) is 24.7 Å². The number of halogens is 1. The molecule has 0 aromatic heterocycles. The molecule has 2 N–H and O–H groups in total. The molecule has 4 heterocycles. The topological polar surface area (TPSA) is 125 Å². The van der Waals surface area contributed by atoms with Crippen LogP contribution in [0.3, 0.4) is 0 Å². The minimum absolute atomic E-state index is 0.0455. The molecule has 48 heavy (non-hydrogen) atoms. The second-order valence-corrected chi connectivity index (χ2v) is 13.8. The molecule has 1 spiro atoms. The predicted molar refractivity (Wildman–Crippen MR) is 180 cm³/mol. The molecule has 11 heteroatoms. The smallest absolute Gasteiger partial charge is 0.313 e. The fraction of sp³-hybridized carbons (Fsp3) is 0.459. The normalized spacial score (nSPS) is 30.4. The number of allylic oxidation sites excluding steroid dienone is 1. The lowest BCUT2D eigenvalue weighted by Gasteiger charge is -2.39. The number of ether oxygens (including phenoxy) is 2. The number of benzene rings is 2. The number of fused-ring (bicyclic) bond motifs is 2. The summed E-state index contributed by atoms with van der Waals surface area (Å²) in [7, 11) is 0. The van der Waals surface area contributed by atoms with E-state index in [0.29, 0.717) is 29.1 Å². The van der Waals surface area contributed by atoms with Crippen LogP contribution in [0.15, 0.2) is 72.8 Å². The summed E-state index contributed by atoms with van der Waals surface area (Å²) in [5.41, 5.74) is 0.447. The zero-order valence-corrected chi connectivity index (χ0v) is 28.1. The van der Waals surface area contributed by atoms with E-state index >= 15 is 4.79 Å². The Bertz CT molecular complexity index is 1610. The van der Waals surface area contributed by atoms with Gasteiger partial charge in [0.05, 0.1) is 41.9 Å². The standard InChI is InChI=1S/C37H42ClN3O7/c1-22(2)19-25(21-42)41-33-35(45)40(32-23(3)11-10-14-26(32)38)18-9-5-8-15-29(43)39-20-28(24-12-6-4-7-13-24)47-36(46)30-27-16-17-37(33,48-27)31(30)34(41)44/h4-7,9-14,16-17,22,25,27-28,30-31,33,42H,8,15,18-21H2,1-3H3,(H,39,43)/b9-5-/t25-,27+,28+,30-,31-,33+,37-/m1/s1. The molecule has 2 saturated heterocycles. The summed E-state index contributed by atoms with van der Waals surface area (Å²) >= 11 is 6.74. The number of aryl methyl sites for hydroxylation is 1. The molecule has 2 aromatic carbocycles. The van der Waals surface area contributed by atoms with Gasteiger partial charge in [0.2, 0.25) is 11.8 Å². The first kappa shape index (κ1) is 33.9. The molecule has 0 unspecified atom stereocenters. The van der Waals surface area contributed by atoms with Crippen LogP contribution in [0.5, 0.6) is 0 Å². The Morgan fingerprint density at radius 3 is 2.52 bits per heavy atom. The Morgan fingerprint density at radius 1 is 1.04 bits per heavy atom. The van der Waals surface area contributed by atoms with Crippen LogP contribution in [0.25, 0.3) is 0 Å². The maximum Gasteiger partial charge on any atom is 0.313 e. The van der Waals surface area contributed by atoms with Gasteiger partial charge in [0.15, 0.2) is 0 Å². The van der Waals surface area contributed by atoms with E-state index in [1.165, 1.54) is 4.90 Å². The van der Waals surface area contributed by atoms with Gasteiger partial charge in [-0.2, -0.15) is 0 Å². The summed E-state index contributed by atoms with van der Waals surface area (Å²) in [5, 5.41) is 13.9. The van der Waals surface area contributed by atoms with Gasteiger partial charge in [-0.15, -0.1) is 0 Å². The van der Waals surface area contributed by atoms with Gasteiger partial charge in [0, 0.05) is 13.0 Å². The van der Waals surface area contributed by atoms with Gasteiger partial charge in [-0.25, -0.2) is 0 Å². The number of aliphatic hydroxyl groups is 1. The van der Waals surface area contributed by atoms with Crippen LogP contribution in [0.4, 0.5) is 5.69 Å². The van der Waals surface area contributed by atoms with Crippen molar-refractivity contribution in [2.45, 2.75) is 69.9 Å². The molecule has 254 valence electrons. The number of cyclic esters (lactones) is 1. The van der Waals surface area contributed by atoms with Gasteiger partial charge >= 0.3 is 5.97 Å². The van der Waals surface area contributed by atoms with Crippen LogP contribution >= 0.6 is 11.6 Å². The van der Waals surface area contributed by atoms with E-state index < -0.39 is 59.5 Å². The fourth-order valence-corrected chi connectivity index (χ4v) is 8.02. The molecule has 10 nitrogen and oxygen atoms in total. The summed E-state index contributed by atoms with van der Waals surface area (Å²) < 4.78 is 12.7. The predicted octanol–water partition coefficient (Wildman–Crippen LogP) is 4.29. The Morgan fingerprint density at radius 2 is 1.81 bits per heavy atom. The highest BCUT2D eigenvalue weighted by atomic mass is 35.5. The zero-order chi connectivity index (χ0) is 34.2. The van der Waals surface area contributed by atoms with Crippen molar-refractivity contribution < 1.29 is 33.8 Å². The molecule has 2 fully saturated rings. The van der Waals surface area contributed by atoms with Crippen molar-refractivity contribution in [2.75, 3.05) is 24.6 Å². The fourth-order valence-electron chi connectivity index (χ4n) is 7.70. The Balaban J connectivity index is 1.48. The van der Waals surface area contributed by atoms with E-state index in [2.05, 4.69) is 5.32 Å². The van der Waals surface area contributed by atoms with Gasteiger partial charge in [-0.05, 0) is 42.9 Å². The number of amides is 3. The van der Waals surface area contributed by atoms with Crippen LogP contribution in [0.1, 0.15) is 50.3 Å². The highest BCUT2D eigenvalue weighted by molar-refractivity contribution is 6.34. The molecule has 7 atom stereocenters. The zero-order valence-electron chi connectivity index (χ0n) is 27.4. The van der Waals surface area contributed by atoms with Crippen molar-refractivity contribution in [3.05, 3.63) is 89.0 Å². The van der Waals surface area contributed by atoms with Crippen molar-refractivity contribution in [1.29, 1.82) is 0 Å². The van der Waals surface area contributed by atoms with Gasteiger partial charge in [-0.1, -0.05) is 92.2 Å². The third-order valence-electron chi connectivity index (χ3n) is 9.80. The molecule has 0 radical (unpaired) electrons. The minimum Gasteiger partial charge on any atom is -0.455 e. The third-order valence-corrected chi connectivity index (χ3v) is 10.1. The van der Waals surface area contributed by atoms with Gasteiger partial charge in [0.1, 0.15) is 23.7 Å². The Hall–Kier alpha value is -3.99. The number of carbonyl (C=O) groups is 4. The summed E-state index contributed by atoms with van der Waals surface area (Å²) in [6.45, 7) is 5.60. The molecule has 3 amide bonds. The van der Waals surface area contributed by atoms with Crippen molar-refractivity contribution in [1.82, 2.24) is 10.2 Å². The first-order chi connectivity index (χ1) is 23.1. The summed E-state index contributed by atoms with van der Waals surface area (Å²) in [4.78, 5) is 59.8. The number of carbonyl (C=O) groups excluding carboxylic acids is 4. The second kappa shape index (κ2) is 13.9. The first-order valence-corrected chi connectivity index (χ1v) is 17.0. The lowest BCUT2D eigenvalue weighted by Crippen LogP contribution is -2.59. The number of rotatable bonds is 6. The van der Waals surface area contributed by atoms with Gasteiger partial charge in [-0.3, -0.25) is 19.2 Å². The molecule has 0 saturated carbocycles. The number of esters is 1. The van der Waals surface area contributed by atoms with Crippen LogP contribution in [0.2, 0.25) is 5.02 Å². The highest BCUT2D eigenvalue weighted by Gasteiger charge is 2.74. The van der Waals surface area contributed by atoms with E-state index in [1.54, 1.807) is 29.2 Å². The average Bonchev–Trinajstić information content (AvgIpc) is 3.71. The lowest BCUT2D eigenvalue weighted by molar-refractivity contribution is -0.160. The number of hydrogen-bond donors (Lipinski definition) is 2. The number of hydrogen-bond acceptors (Lipinski definition) is 7. The number of anilines is 1. The van der Waals surface area contributed by atoms with Gasteiger partial charge < -0.3 is 29.7 Å². The maximum atomic E-state index is 15.1. The van der Waals surface area contributed by atoms with Gasteiger partial charge in [0.25, 0.3) is 5.91 Å². The summed E-state index contributed by atoms with van der Waals surface area (Å²) in [6.07, 6.45) is 6.52. The van der Waals surface area contributed by atoms with Crippen molar-refractivity contribution in [3.8, 4) is 0 Å². The van der Waals surface area contributed by atoms with E-state index in [9.17, 15) is 19.5 Å². The first-order valence-electron chi connectivity index (χ1n) is 16.6. The molecular weight excluding hydrogens is 634 g/mol. The number of likely N-dealkylation sites (tertiary alicyclic amines) is 1. The molecule has 2 aromatic rings. The molecule has 5 bridgehead atoms. The number of aliphatic hydroxyl groups excluding tert-OH is 1. The summed E-state index contributed by atoms with van der Waals surface area (Å²) in [5.74, 6) is -3.79. The van der Waals surface area contributed by atoms with Crippen molar-refractivity contribution in [2.24, 2.45) is 17.8 Å². The van der Waals surface area contributed by atoms with Crippen LogP contribution in [-0.2, 0) is 28.7 Å². The molecule has 0 aliphatic carbocycles. The van der Waals surface area contributed by atoms with E-state index in [4.69, 9.17) is 21.1 Å². The second-order valence-electron chi connectivity index (χ2n) is 13.4. The molecule has 6 rings (SSSR count). The average molecular weight is 676 g/mol. The largest absolute Gasteiger partial charge is 0.455 e. The summed E-state index contributed by atoms with van der Waals surface area (Å²) in [6, 6.07) is 12.6. The molecule has 4 aliphatic heterocycles. The quantitative estimate of drug-likeness (QED) is 0.346. The lowest BCUT2D eigenvalue weighted by atomic mass is 9.74. The van der Waals surface area contributed by atoms with Crippen LogP contribution < -0.4 is 10.2 Å². The number of nitrogens with zero attached hydrogens (tertiary/aromatic N) is 2. The SMILES string of the molecule is Cc1cccc(Cl)c1N1C/C=C\CCC(=O)NC[C@@H](c2ccccc2)OC(=O)[C@@H]2[C@@H]3C=C[C@]4(O3)[C@H](C1=O)N([C@@H](CO)CC(C)C)C(=O)[C@@H]24. The van der Waals surface area contributed by atoms with E-state index in [1.807, 2.05) is 69.3 Å². The number of para-hydroxylation sites is 1. The number of nitrogens with one attached hydrogen (secondary N) is 1. The Kier molecular flexibility index (Phi) is 9.79. The van der Waals surface area contributed by atoms with Crippen LogP contribution in [-0.4, -0.2) is 77.2 Å². The van der Waals surface area contributed by atoms with E-state index in [-0.39, 0.29) is 37.9 Å². The monoisotopic (exact) mass is 675 g/mol. The highest BCUT2D eigenvalue weighted by Crippen LogP contribution is 2.56. The van der Waals surface area contributed by atoms with Crippen molar-refractivity contribution in [3.63, 3.8) is 0 Å². The molecular formula is C37H42ClN3O7. The van der Waals surface area contributed by atoms with Crippen molar-refractivity contribution >= 4 is 41.0 Å².